The highest BCUT2D eigenvalue weighted by molar-refractivity contribution is 6.16. The van der Waals surface area contributed by atoms with Crippen LogP contribution in [0.5, 0.6) is 0 Å². The molecular weight excluding hydrogens is 338 g/mol. The molecule has 1 nitrogen and oxygen atoms in total. The Hall–Kier alpha value is -3.19. The van der Waals surface area contributed by atoms with Crippen molar-refractivity contribution in [2.24, 2.45) is 0 Å². The fourth-order valence-electron chi connectivity index (χ4n) is 4.98. The number of benzene rings is 4. The van der Waals surface area contributed by atoms with Gasteiger partial charge in [0.2, 0.25) is 0 Å². The van der Waals surface area contributed by atoms with Crippen LogP contribution in [0.3, 0.4) is 0 Å². The van der Waals surface area contributed by atoms with E-state index in [1.165, 1.54) is 69.1 Å². The van der Waals surface area contributed by atoms with Gasteiger partial charge < -0.3 is 0 Å². The highest BCUT2D eigenvalue weighted by Gasteiger charge is 2.19. The molecule has 28 heavy (non-hydrogen) atoms. The lowest BCUT2D eigenvalue weighted by Crippen LogP contribution is -2.04. The molecule has 1 heteroatoms. The molecule has 1 aliphatic rings. The van der Waals surface area contributed by atoms with Crippen LogP contribution in [-0.2, 0) is 12.8 Å². The van der Waals surface area contributed by atoms with Gasteiger partial charge >= 0.3 is 0 Å². The predicted octanol–water partition coefficient (Wildman–Crippen LogP) is 7.09. The van der Waals surface area contributed by atoms with Crippen molar-refractivity contribution < 1.29 is 0 Å². The topological polar surface area (TPSA) is 12.9 Å². The van der Waals surface area contributed by atoms with Gasteiger partial charge in [-0.3, -0.25) is 4.98 Å². The molecule has 1 aliphatic carbocycles. The quantitative estimate of drug-likeness (QED) is 0.291. The van der Waals surface area contributed by atoms with Crippen molar-refractivity contribution in [1.29, 1.82) is 0 Å². The Morgan fingerprint density at radius 2 is 1.43 bits per heavy atom. The smallest absolute Gasteiger partial charge is 0.0786 e. The van der Waals surface area contributed by atoms with Crippen molar-refractivity contribution >= 4 is 32.3 Å². The number of fused-ring (bicyclic) bond motifs is 6. The molecule has 1 aromatic heterocycles. The molecule has 0 N–H and O–H groups in total. The zero-order chi connectivity index (χ0) is 18.5. The van der Waals surface area contributed by atoms with Crippen molar-refractivity contribution in [3.63, 3.8) is 0 Å². The highest BCUT2D eigenvalue weighted by Crippen LogP contribution is 2.41. The Morgan fingerprint density at radius 3 is 2.36 bits per heavy atom. The minimum Gasteiger partial charge on any atom is -0.256 e. The maximum absolute atomic E-state index is 4.88. The number of rotatable bonds is 1. The Kier molecular flexibility index (Phi) is 3.49. The highest BCUT2D eigenvalue weighted by atomic mass is 14.7. The largest absolute Gasteiger partial charge is 0.256 e. The van der Waals surface area contributed by atoms with Gasteiger partial charge in [-0.15, -0.1) is 0 Å². The van der Waals surface area contributed by atoms with E-state index in [9.17, 15) is 0 Å². The second-order valence-corrected chi connectivity index (χ2v) is 7.86. The van der Waals surface area contributed by atoms with Gasteiger partial charge in [-0.2, -0.15) is 0 Å². The number of aryl methyl sites for hydroxylation is 2. The zero-order valence-corrected chi connectivity index (χ0v) is 15.8. The average Bonchev–Trinajstić information content (AvgIpc) is 2.78. The Morgan fingerprint density at radius 1 is 0.643 bits per heavy atom. The minimum atomic E-state index is 1.10. The molecule has 0 amide bonds. The lowest BCUT2D eigenvalue weighted by Gasteiger charge is -2.21. The monoisotopic (exact) mass is 359 g/mol. The van der Waals surface area contributed by atoms with Gasteiger partial charge in [0, 0.05) is 17.1 Å². The van der Waals surface area contributed by atoms with E-state index in [0.717, 1.165) is 5.69 Å². The summed E-state index contributed by atoms with van der Waals surface area (Å²) in [7, 11) is 0. The predicted molar refractivity (Wildman–Crippen MR) is 119 cm³/mol. The maximum Gasteiger partial charge on any atom is 0.0786 e. The molecule has 4 aromatic carbocycles. The summed E-state index contributed by atoms with van der Waals surface area (Å²) < 4.78 is 0. The summed E-state index contributed by atoms with van der Waals surface area (Å²) in [5.41, 5.74) is 5.45. The van der Waals surface area contributed by atoms with Crippen molar-refractivity contribution in [3.8, 4) is 11.3 Å². The fourth-order valence-corrected chi connectivity index (χ4v) is 4.98. The number of nitrogens with zero attached hydrogens (tertiary/aromatic N) is 1. The van der Waals surface area contributed by atoms with Crippen LogP contribution >= 0.6 is 0 Å². The Bertz CT molecular complexity index is 1360. The standard InChI is InChI=1S/C27H21N/c1-5-11-22-18(7-1)13-14-24-21-10-4-3-9-20(21)17-25(26(22)24)27-23-12-6-2-8-19(23)15-16-28-27/h2-4,6,8-10,12-17H,1,5,7,11H2. The first-order valence-corrected chi connectivity index (χ1v) is 10.2. The van der Waals surface area contributed by atoms with E-state index in [1.54, 1.807) is 5.56 Å². The SMILES string of the molecule is c1ccc2c(-c3cc4ccccc4c4ccc5c(c34)CCCC5)nccc2c1. The van der Waals surface area contributed by atoms with Crippen molar-refractivity contribution in [1.82, 2.24) is 4.98 Å². The molecule has 0 radical (unpaired) electrons. The first-order chi connectivity index (χ1) is 13.9. The third-order valence-electron chi connectivity index (χ3n) is 6.28. The maximum atomic E-state index is 4.88. The molecular formula is C27H21N. The first kappa shape index (κ1) is 15.8. The van der Waals surface area contributed by atoms with Gasteiger partial charge in [0.05, 0.1) is 5.69 Å². The van der Waals surface area contributed by atoms with Gasteiger partial charge in [0.15, 0.2) is 0 Å². The minimum absolute atomic E-state index is 1.10. The number of pyridine rings is 1. The van der Waals surface area contributed by atoms with Crippen LogP contribution in [0.15, 0.2) is 79.0 Å². The summed E-state index contributed by atoms with van der Waals surface area (Å²) in [6.07, 6.45) is 6.90. The molecule has 6 rings (SSSR count). The van der Waals surface area contributed by atoms with Gasteiger partial charge in [0.1, 0.15) is 0 Å². The number of hydrogen-bond acceptors (Lipinski definition) is 1. The summed E-state index contributed by atoms with van der Waals surface area (Å²) in [6, 6.07) is 26.5. The van der Waals surface area contributed by atoms with Gasteiger partial charge in [-0.25, -0.2) is 0 Å². The average molecular weight is 359 g/mol. The molecule has 5 aromatic rings. The van der Waals surface area contributed by atoms with E-state index in [0.29, 0.717) is 0 Å². The van der Waals surface area contributed by atoms with Gasteiger partial charge in [-0.1, -0.05) is 60.7 Å². The van der Waals surface area contributed by atoms with E-state index in [2.05, 4.69) is 72.8 Å². The second kappa shape index (κ2) is 6.17. The second-order valence-electron chi connectivity index (χ2n) is 7.86. The Labute approximate surface area is 164 Å². The van der Waals surface area contributed by atoms with Crippen molar-refractivity contribution in [3.05, 3.63) is 90.1 Å². The molecule has 0 bridgehead atoms. The third-order valence-corrected chi connectivity index (χ3v) is 6.28. The van der Waals surface area contributed by atoms with E-state index >= 15 is 0 Å². The fraction of sp³-hybridized carbons (Fsp3) is 0.148. The van der Waals surface area contributed by atoms with Crippen molar-refractivity contribution in [2.75, 3.05) is 0 Å². The summed E-state index contributed by atoms with van der Waals surface area (Å²) in [6.45, 7) is 0. The van der Waals surface area contributed by atoms with E-state index in [1.807, 2.05) is 6.20 Å². The third kappa shape index (κ3) is 2.29. The summed E-state index contributed by atoms with van der Waals surface area (Å²) in [5.74, 6) is 0. The molecule has 0 fully saturated rings. The molecule has 0 saturated heterocycles. The van der Waals surface area contributed by atoms with Crippen LogP contribution in [0, 0.1) is 0 Å². The Balaban J connectivity index is 1.82. The van der Waals surface area contributed by atoms with Crippen LogP contribution in [0.4, 0.5) is 0 Å². The first-order valence-electron chi connectivity index (χ1n) is 10.2. The molecule has 0 spiro atoms. The van der Waals surface area contributed by atoms with Gasteiger partial charge in [-0.05, 0) is 75.9 Å². The van der Waals surface area contributed by atoms with Crippen LogP contribution in [0.25, 0.3) is 43.6 Å². The summed E-state index contributed by atoms with van der Waals surface area (Å²) in [4.78, 5) is 4.88. The summed E-state index contributed by atoms with van der Waals surface area (Å²) >= 11 is 0. The van der Waals surface area contributed by atoms with Crippen molar-refractivity contribution in [2.45, 2.75) is 25.7 Å². The van der Waals surface area contributed by atoms with Crippen LogP contribution in [0.1, 0.15) is 24.0 Å². The number of aromatic nitrogens is 1. The summed E-state index contributed by atoms with van der Waals surface area (Å²) in [5, 5.41) is 7.89. The zero-order valence-electron chi connectivity index (χ0n) is 15.8. The molecule has 0 saturated carbocycles. The molecule has 134 valence electrons. The van der Waals surface area contributed by atoms with Crippen LogP contribution in [0.2, 0.25) is 0 Å². The number of hydrogen-bond donors (Lipinski definition) is 0. The molecule has 0 aliphatic heterocycles. The normalized spacial score (nSPS) is 13.9. The molecule has 1 heterocycles. The van der Waals surface area contributed by atoms with E-state index in [4.69, 9.17) is 4.98 Å². The van der Waals surface area contributed by atoms with Gasteiger partial charge in [0.25, 0.3) is 0 Å². The lowest BCUT2D eigenvalue weighted by atomic mass is 9.83. The van der Waals surface area contributed by atoms with Crippen LogP contribution in [-0.4, -0.2) is 4.98 Å². The van der Waals surface area contributed by atoms with E-state index in [-0.39, 0.29) is 0 Å². The van der Waals surface area contributed by atoms with E-state index < -0.39 is 0 Å². The molecule has 0 atom stereocenters. The lowest BCUT2D eigenvalue weighted by molar-refractivity contribution is 0.690. The molecule has 0 unspecified atom stereocenters. The van der Waals surface area contributed by atoms with Crippen LogP contribution < -0.4 is 0 Å².